The van der Waals surface area contributed by atoms with Crippen LogP contribution in [0.1, 0.15) is 38.8 Å². The number of benzene rings is 1. The number of aromatic nitrogens is 4. The molecule has 0 radical (unpaired) electrons. The largest absolute Gasteiger partial charge is 0.349 e. The summed E-state index contributed by atoms with van der Waals surface area (Å²) in [6.45, 7) is 6.61. The van der Waals surface area contributed by atoms with Crippen LogP contribution in [0.4, 0.5) is 0 Å². The normalized spacial score (nSPS) is 13.1. The number of nitrogens with zero attached hydrogens (tertiary/aromatic N) is 4. The maximum absolute atomic E-state index is 12.8. The Morgan fingerprint density at radius 3 is 2.57 bits per heavy atom. The van der Waals surface area contributed by atoms with Crippen LogP contribution in [0.5, 0.6) is 0 Å². The molecule has 2 aromatic heterocycles. The molecule has 2 atom stereocenters. The van der Waals surface area contributed by atoms with Crippen molar-refractivity contribution in [2.45, 2.75) is 50.2 Å². The number of hydrogen-bond acceptors (Lipinski definition) is 5. The third-order valence-corrected chi connectivity index (χ3v) is 6.18. The van der Waals surface area contributed by atoms with Crippen molar-refractivity contribution in [2.75, 3.05) is 0 Å². The van der Waals surface area contributed by atoms with E-state index in [0.29, 0.717) is 15.2 Å². The molecule has 9 heteroatoms. The van der Waals surface area contributed by atoms with Gasteiger partial charge in [-0.3, -0.25) is 9.78 Å². The van der Waals surface area contributed by atoms with Crippen molar-refractivity contribution >= 4 is 40.9 Å². The van der Waals surface area contributed by atoms with E-state index < -0.39 is 0 Å². The number of thioether (sulfide) groups is 1. The monoisotopic (exact) mass is 463 g/mol. The van der Waals surface area contributed by atoms with Gasteiger partial charge in [0, 0.05) is 34.5 Å². The molecule has 0 aliphatic heterocycles. The van der Waals surface area contributed by atoms with Crippen LogP contribution in [-0.2, 0) is 11.3 Å². The zero-order valence-corrected chi connectivity index (χ0v) is 19.3. The van der Waals surface area contributed by atoms with Crippen LogP contribution in [0.2, 0.25) is 10.0 Å². The molecule has 0 saturated heterocycles. The van der Waals surface area contributed by atoms with Gasteiger partial charge in [0.25, 0.3) is 0 Å². The van der Waals surface area contributed by atoms with E-state index in [9.17, 15) is 4.79 Å². The Labute approximate surface area is 190 Å². The lowest BCUT2D eigenvalue weighted by molar-refractivity contribution is -0.120. The number of carbonyl (C=O) groups excluding carboxylic acids is 1. The van der Waals surface area contributed by atoms with E-state index in [1.165, 1.54) is 11.8 Å². The number of hydrogen-bond donors (Lipinski definition) is 1. The molecule has 30 heavy (non-hydrogen) atoms. The van der Waals surface area contributed by atoms with Crippen molar-refractivity contribution in [1.29, 1.82) is 0 Å². The second-order valence-corrected chi connectivity index (χ2v) is 9.00. The molecule has 158 valence electrons. The van der Waals surface area contributed by atoms with E-state index in [2.05, 4.69) is 27.4 Å². The summed E-state index contributed by atoms with van der Waals surface area (Å²) >= 11 is 13.6. The van der Waals surface area contributed by atoms with E-state index >= 15 is 0 Å². The van der Waals surface area contributed by atoms with Crippen molar-refractivity contribution < 1.29 is 4.79 Å². The summed E-state index contributed by atoms with van der Waals surface area (Å²) in [5, 5.41) is 13.1. The maximum atomic E-state index is 12.8. The molecule has 2 unspecified atom stereocenters. The first-order chi connectivity index (χ1) is 14.4. The molecule has 3 aromatic rings. The smallest absolute Gasteiger partial charge is 0.233 e. The predicted molar refractivity (Wildman–Crippen MR) is 122 cm³/mol. The highest BCUT2D eigenvalue weighted by molar-refractivity contribution is 8.00. The minimum absolute atomic E-state index is 0.102. The van der Waals surface area contributed by atoms with Crippen LogP contribution in [-0.4, -0.2) is 30.9 Å². The number of rotatable bonds is 8. The van der Waals surface area contributed by atoms with Crippen molar-refractivity contribution in [3.8, 4) is 11.4 Å². The highest BCUT2D eigenvalue weighted by atomic mass is 35.5. The molecule has 3 rings (SSSR count). The molecule has 0 saturated carbocycles. The summed E-state index contributed by atoms with van der Waals surface area (Å²) in [5.74, 6) is 0.672. The highest BCUT2D eigenvalue weighted by Crippen LogP contribution is 2.29. The van der Waals surface area contributed by atoms with Gasteiger partial charge in [0.1, 0.15) is 0 Å². The zero-order chi connectivity index (χ0) is 21.7. The fourth-order valence-corrected chi connectivity index (χ4v) is 4.44. The van der Waals surface area contributed by atoms with Crippen molar-refractivity contribution in [3.63, 3.8) is 0 Å². The zero-order valence-electron chi connectivity index (χ0n) is 17.0. The second-order valence-electron chi connectivity index (χ2n) is 6.85. The molecule has 1 N–H and O–H groups in total. The molecule has 0 bridgehead atoms. The van der Waals surface area contributed by atoms with Crippen LogP contribution >= 0.6 is 35.0 Å². The Morgan fingerprint density at radius 1 is 1.17 bits per heavy atom. The van der Waals surface area contributed by atoms with Crippen molar-refractivity contribution in [1.82, 2.24) is 25.1 Å². The Balaban J connectivity index is 1.72. The minimum Gasteiger partial charge on any atom is -0.349 e. The average Bonchev–Trinajstić information content (AvgIpc) is 3.11. The van der Waals surface area contributed by atoms with Crippen LogP contribution < -0.4 is 5.32 Å². The SMILES string of the molecule is CCCn1c(SC(C)C(=O)NC(C)c2ccc(Cl)cc2Cl)nnc1-c1ccncc1. The van der Waals surface area contributed by atoms with Gasteiger partial charge < -0.3 is 9.88 Å². The van der Waals surface area contributed by atoms with Crippen LogP contribution in [0.15, 0.2) is 47.9 Å². The molecule has 0 aliphatic rings. The van der Waals surface area contributed by atoms with E-state index in [1.807, 2.05) is 36.6 Å². The first kappa shape index (κ1) is 22.6. The maximum Gasteiger partial charge on any atom is 0.233 e. The Morgan fingerprint density at radius 2 is 1.90 bits per heavy atom. The summed E-state index contributed by atoms with van der Waals surface area (Å²) in [4.78, 5) is 16.8. The standard InChI is InChI=1S/C21H23Cl2N5OS/c1-4-11-28-19(15-7-9-24-10-8-15)26-27-21(28)30-14(3)20(29)25-13(2)17-6-5-16(22)12-18(17)23/h5-10,12-14H,4,11H2,1-3H3,(H,25,29). The summed E-state index contributed by atoms with van der Waals surface area (Å²) in [6, 6.07) is 8.82. The fraction of sp³-hybridized carbons (Fsp3) is 0.333. The molecule has 0 spiro atoms. The molecule has 1 aromatic carbocycles. The lowest BCUT2D eigenvalue weighted by Gasteiger charge is -2.19. The van der Waals surface area contributed by atoms with Gasteiger partial charge in [-0.05, 0) is 50.1 Å². The summed E-state index contributed by atoms with van der Waals surface area (Å²) in [6.07, 6.45) is 4.38. The van der Waals surface area contributed by atoms with Gasteiger partial charge >= 0.3 is 0 Å². The Bertz CT molecular complexity index is 1010. The Hall–Kier alpha value is -2.09. The van der Waals surface area contributed by atoms with Gasteiger partial charge in [-0.2, -0.15) is 0 Å². The van der Waals surface area contributed by atoms with Gasteiger partial charge in [-0.15, -0.1) is 10.2 Å². The number of pyridine rings is 1. The van der Waals surface area contributed by atoms with Crippen LogP contribution in [0.25, 0.3) is 11.4 Å². The van der Waals surface area contributed by atoms with Crippen LogP contribution in [0.3, 0.4) is 0 Å². The summed E-state index contributed by atoms with van der Waals surface area (Å²) in [7, 11) is 0. The molecule has 2 heterocycles. The predicted octanol–water partition coefficient (Wildman–Crippen LogP) is 5.41. The van der Waals surface area contributed by atoms with E-state index in [0.717, 1.165) is 29.9 Å². The first-order valence-electron chi connectivity index (χ1n) is 9.66. The van der Waals surface area contributed by atoms with Crippen molar-refractivity contribution in [2.24, 2.45) is 0 Å². The van der Waals surface area contributed by atoms with E-state index in [4.69, 9.17) is 23.2 Å². The van der Waals surface area contributed by atoms with Crippen LogP contribution in [0, 0.1) is 0 Å². The first-order valence-corrected chi connectivity index (χ1v) is 11.3. The quantitative estimate of drug-likeness (QED) is 0.451. The fourth-order valence-electron chi connectivity index (χ4n) is 2.99. The Kier molecular flexibility index (Phi) is 7.75. The van der Waals surface area contributed by atoms with Crippen molar-refractivity contribution in [3.05, 3.63) is 58.3 Å². The second kappa shape index (κ2) is 10.3. The lowest BCUT2D eigenvalue weighted by atomic mass is 10.1. The summed E-state index contributed by atoms with van der Waals surface area (Å²) < 4.78 is 2.04. The van der Waals surface area contributed by atoms with Gasteiger partial charge in [0.2, 0.25) is 5.91 Å². The number of halogens is 2. The summed E-state index contributed by atoms with van der Waals surface area (Å²) in [5.41, 5.74) is 1.77. The highest BCUT2D eigenvalue weighted by Gasteiger charge is 2.22. The third kappa shape index (κ3) is 5.33. The third-order valence-electron chi connectivity index (χ3n) is 4.54. The molecular weight excluding hydrogens is 441 g/mol. The van der Waals surface area contributed by atoms with Gasteiger partial charge in [-0.25, -0.2) is 0 Å². The van der Waals surface area contributed by atoms with E-state index in [1.54, 1.807) is 24.5 Å². The lowest BCUT2D eigenvalue weighted by Crippen LogP contribution is -2.33. The molecule has 0 fully saturated rings. The number of amides is 1. The topological polar surface area (TPSA) is 72.7 Å². The molecular formula is C21H23Cl2N5OS. The average molecular weight is 464 g/mol. The molecule has 6 nitrogen and oxygen atoms in total. The van der Waals surface area contributed by atoms with E-state index in [-0.39, 0.29) is 17.2 Å². The molecule has 0 aliphatic carbocycles. The molecule has 1 amide bonds. The number of carbonyl (C=O) groups is 1. The van der Waals surface area contributed by atoms with Gasteiger partial charge in [-0.1, -0.05) is 48.0 Å². The van der Waals surface area contributed by atoms with Gasteiger partial charge in [0.15, 0.2) is 11.0 Å². The minimum atomic E-state index is -0.358. The number of nitrogens with one attached hydrogen (secondary N) is 1. The van der Waals surface area contributed by atoms with Gasteiger partial charge in [0.05, 0.1) is 11.3 Å².